The number of aliphatic carboxylic acids is 1. The number of carboxylic acid groups (broad SMARTS) is 1. The van der Waals surface area contributed by atoms with Gasteiger partial charge in [0.05, 0.1) is 19.5 Å². The Kier molecular flexibility index (Phi) is 4.06. The first kappa shape index (κ1) is 15.1. The molecule has 1 aromatic carbocycles. The van der Waals surface area contributed by atoms with Gasteiger partial charge in [0.1, 0.15) is 11.8 Å². The van der Waals surface area contributed by atoms with Gasteiger partial charge in [0.15, 0.2) is 0 Å². The van der Waals surface area contributed by atoms with Crippen molar-refractivity contribution < 1.29 is 19.4 Å². The van der Waals surface area contributed by atoms with Crippen LogP contribution in [0.2, 0.25) is 0 Å². The third-order valence-corrected chi connectivity index (χ3v) is 4.09. The normalized spacial score (nSPS) is 16.7. The SMILES string of the molecule is COc1ccccc1[C@@H]1c2cccn2CCN1C(=O)CC(=O)[O-]. The zero-order chi connectivity index (χ0) is 16.4. The number of hydrogen-bond donors (Lipinski definition) is 0. The minimum atomic E-state index is -1.37. The van der Waals surface area contributed by atoms with E-state index in [4.69, 9.17) is 4.74 Å². The minimum Gasteiger partial charge on any atom is -0.550 e. The monoisotopic (exact) mass is 313 g/mol. The van der Waals surface area contributed by atoms with Gasteiger partial charge in [0.25, 0.3) is 0 Å². The highest BCUT2D eigenvalue weighted by Gasteiger charge is 2.33. The molecule has 0 saturated carbocycles. The molecule has 1 amide bonds. The van der Waals surface area contributed by atoms with Crippen LogP contribution in [-0.4, -0.2) is 35.0 Å². The fourth-order valence-electron chi connectivity index (χ4n) is 3.10. The topological polar surface area (TPSA) is 74.6 Å². The van der Waals surface area contributed by atoms with E-state index in [1.807, 2.05) is 42.6 Å². The molecule has 2 aromatic rings. The van der Waals surface area contributed by atoms with E-state index in [9.17, 15) is 14.7 Å². The van der Waals surface area contributed by atoms with Gasteiger partial charge < -0.3 is 24.1 Å². The summed E-state index contributed by atoms with van der Waals surface area (Å²) in [5, 5.41) is 10.8. The van der Waals surface area contributed by atoms with Crippen LogP contribution in [0, 0.1) is 0 Å². The Hall–Kier alpha value is -2.76. The lowest BCUT2D eigenvalue weighted by molar-refractivity contribution is -0.304. The highest BCUT2D eigenvalue weighted by atomic mass is 16.5. The number of rotatable bonds is 4. The average molecular weight is 313 g/mol. The Bertz CT molecular complexity index is 738. The van der Waals surface area contributed by atoms with Gasteiger partial charge in [0.2, 0.25) is 5.91 Å². The van der Waals surface area contributed by atoms with Crippen molar-refractivity contribution in [3.8, 4) is 5.75 Å². The van der Waals surface area contributed by atoms with Gasteiger partial charge in [-0.25, -0.2) is 0 Å². The van der Waals surface area contributed by atoms with E-state index in [0.29, 0.717) is 18.8 Å². The van der Waals surface area contributed by atoms with Crippen LogP contribution in [0.1, 0.15) is 23.7 Å². The quantitative estimate of drug-likeness (QED) is 0.773. The van der Waals surface area contributed by atoms with Gasteiger partial charge in [-0.3, -0.25) is 4.79 Å². The molecule has 0 bridgehead atoms. The van der Waals surface area contributed by atoms with Crippen LogP contribution < -0.4 is 9.84 Å². The lowest BCUT2D eigenvalue weighted by Gasteiger charge is -2.38. The molecular weight excluding hydrogens is 296 g/mol. The zero-order valence-corrected chi connectivity index (χ0v) is 12.8. The van der Waals surface area contributed by atoms with Crippen LogP contribution >= 0.6 is 0 Å². The number of nitrogens with zero attached hydrogens (tertiary/aromatic N) is 2. The lowest BCUT2D eigenvalue weighted by atomic mass is 9.98. The number of benzene rings is 1. The first-order valence-corrected chi connectivity index (χ1v) is 7.39. The molecule has 0 fully saturated rings. The van der Waals surface area contributed by atoms with E-state index in [0.717, 1.165) is 11.3 Å². The number of carboxylic acids is 1. The molecule has 0 saturated heterocycles. The summed E-state index contributed by atoms with van der Waals surface area (Å²) in [6, 6.07) is 10.9. The standard InChI is InChI=1S/C17H18N2O4/c1-23-14-7-3-2-5-12(14)17-13-6-4-8-18(13)9-10-19(17)15(20)11-16(21)22/h2-8,17H,9-11H2,1H3,(H,21,22)/p-1/t17-/m1/s1. The van der Waals surface area contributed by atoms with E-state index in [1.165, 1.54) is 0 Å². The number of amides is 1. The van der Waals surface area contributed by atoms with Crippen molar-refractivity contribution >= 4 is 11.9 Å². The van der Waals surface area contributed by atoms with Crippen molar-refractivity contribution in [1.29, 1.82) is 0 Å². The first-order chi connectivity index (χ1) is 11.1. The molecular formula is C17H17N2O4-. The van der Waals surface area contributed by atoms with Crippen LogP contribution in [0.15, 0.2) is 42.6 Å². The largest absolute Gasteiger partial charge is 0.550 e. The average Bonchev–Trinajstić information content (AvgIpc) is 3.01. The fraction of sp³-hybridized carbons (Fsp3) is 0.294. The summed E-state index contributed by atoms with van der Waals surface area (Å²) < 4.78 is 7.49. The van der Waals surface area contributed by atoms with Gasteiger partial charge in [-0.15, -0.1) is 0 Å². The number of ether oxygens (including phenoxy) is 1. The van der Waals surface area contributed by atoms with E-state index in [1.54, 1.807) is 12.0 Å². The summed E-state index contributed by atoms with van der Waals surface area (Å²) in [5.74, 6) is -1.15. The number of fused-ring (bicyclic) bond motifs is 1. The summed E-state index contributed by atoms with van der Waals surface area (Å²) in [6.07, 6.45) is 1.34. The molecule has 120 valence electrons. The van der Waals surface area contributed by atoms with Gasteiger partial charge in [0, 0.05) is 30.5 Å². The Labute approximate surface area is 133 Å². The van der Waals surface area contributed by atoms with E-state index < -0.39 is 18.3 Å². The maximum Gasteiger partial charge on any atom is 0.229 e. The number of carbonyl (C=O) groups excluding carboxylic acids is 2. The van der Waals surface area contributed by atoms with Gasteiger partial charge in [-0.1, -0.05) is 18.2 Å². The second kappa shape index (κ2) is 6.16. The number of para-hydroxylation sites is 1. The molecule has 1 aliphatic heterocycles. The van der Waals surface area contributed by atoms with Crippen LogP contribution in [0.4, 0.5) is 0 Å². The minimum absolute atomic E-state index is 0.373. The number of methoxy groups -OCH3 is 1. The Morgan fingerprint density at radius 3 is 2.74 bits per heavy atom. The van der Waals surface area contributed by atoms with Crippen LogP contribution in [0.25, 0.3) is 0 Å². The molecule has 1 atom stereocenters. The molecule has 1 aliphatic rings. The third-order valence-electron chi connectivity index (χ3n) is 4.09. The highest BCUT2D eigenvalue weighted by molar-refractivity contribution is 5.93. The van der Waals surface area contributed by atoms with E-state index >= 15 is 0 Å². The third kappa shape index (κ3) is 2.79. The van der Waals surface area contributed by atoms with Crippen molar-refractivity contribution in [3.05, 3.63) is 53.9 Å². The molecule has 6 nitrogen and oxygen atoms in total. The maximum atomic E-state index is 12.4. The van der Waals surface area contributed by atoms with Crippen LogP contribution in [0.3, 0.4) is 0 Å². The zero-order valence-electron chi connectivity index (χ0n) is 12.8. The second-order valence-electron chi connectivity index (χ2n) is 5.41. The molecule has 0 radical (unpaired) electrons. The summed E-state index contributed by atoms with van der Waals surface area (Å²) in [5.41, 5.74) is 1.77. The van der Waals surface area contributed by atoms with Crippen molar-refractivity contribution in [3.63, 3.8) is 0 Å². The summed E-state index contributed by atoms with van der Waals surface area (Å²) in [4.78, 5) is 24.8. The van der Waals surface area contributed by atoms with Gasteiger partial charge in [-0.2, -0.15) is 0 Å². The number of hydrogen-bond acceptors (Lipinski definition) is 4. The molecule has 23 heavy (non-hydrogen) atoms. The molecule has 0 N–H and O–H groups in total. The fourth-order valence-corrected chi connectivity index (χ4v) is 3.10. The van der Waals surface area contributed by atoms with Crippen molar-refractivity contribution in [1.82, 2.24) is 9.47 Å². The van der Waals surface area contributed by atoms with Crippen molar-refractivity contribution in [2.45, 2.75) is 19.0 Å². The highest BCUT2D eigenvalue weighted by Crippen LogP contribution is 2.37. The Balaban J connectivity index is 2.07. The summed E-state index contributed by atoms with van der Waals surface area (Å²) >= 11 is 0. The van der Waals surface area contributed by atoms with Crippen LogP contribution in [-0.2, 0) is 16.1 Å². The molecule has 6 heteroatoms. The molecule has 2 heterocycles. The molecule has 0 unspecified atom stereocenters. The predicted molar refractivity (Wildman–Crippen MR) is 80.6 cm³/mol. The molecule has 1 aromatic heterocycles. The lowest BCUT2D eigenvalue weighted by Crippen LogP contribution is -2.44. The van der Waals surface area contributed by atoms with Crippen molar-refractivity contribution in [2.75, 3.05) is 13.7 Å². The first-order valence-electron chi connectivity index (χ1n) is 7.39. The van der Waals surface area contributed by atoms with Gasteiger partial charge >= 0.3 is 0 Å². The molecule has 3 rings (SSSR count). The Morgan fingerprint density at radius 1 is 1.22 bits per heavy atom. The summed E-state index contributed by atoms with van der Waals surface area (Å²) in [7, 11) is 1.58. The maximum absolute atomic E-state index is 12.4. The van der Waals surface area contributed by atoms with Crippen molar-refractivity contribution in [2.24, 2.45) is 0 Å². The summed E-state index contributed by atoms with van der Waals surface area (Å²) in [6.45, 7) is 1.07. The second-order valence-corrected chi connectivity index (χ2v) is 5.41. The van der Waals surface area contributed by atoms with Gasteiger partial charge in [-0.05, 0) is 18.2 Å². The number of carbonyl (C=O) groups is 2. The number of aromatic nitrogens is 1. The Morgan fingerprint density at radius 2 is 2.00 bits per heavy atom. The van der Waals surface area contributed by atoms with E-state index in [2.05, 4.69) is 4.57 Å². The molecule has 0 spiro atoms. The smallest absolute Gasteiger partial charge is 0.229 e. The molecule has 0 aliphatic carbocycles. The predicted octanol–water partition coefficient (Wildman–Crippen LogP) is 0.568. The van der Waals surface area contributed by atoms with Crippen LogP contribution in [0.5, 0.6) is 5.75 Å². The van der Waals surface area contributed by atoms with E-state index in [-0.39, 0.29) is 6.04 Å².